The molecule has 3 aliphatic rings. The Balaban J connectivity index is 1.38. The van der Waals surface area contributed by atoms with Crippen LogP contribution in [-0.4, -0.2) is 53.9 Å². The second kappa shape index (κ2) is 12.5. The Bertz CT molecular complexity index is 1940. The van der Waals surface area contributed by atoms with Crippen LogP contribution in [0.4, 0.5) is 10.1 Å². The summed E-state index contributed by atoms with van der Waals surface area (Å²) in [7, 11) is 1.32. The molecule has 2 fully saturated rings. The lowest BCUT2D eigenvalue weighted by Crippen LogP contribution is -2.53. The lowest BCUT2D eigenvalue weighted by Gasteiger charge is -2.41. The molecule has 1 N–H and O–H groups in total. The van der Waals surface area contributed by atoms with Gasteiger partial charge in [0.2, 0.25) is 11.8 Å². The maximum Gasteiger partial charge on any atom is 0.337 e. The molecule has 4 aromatic carbocycles. The summed E-state index contributed by atoms with van der Waals surface area (Å²) in [5, 5.41) is 3.36. The van der Waals surface area contributed by atoms with Gasteiger partial charge < -0.3 is 19.7 Å². The van der Waals surface area contributed by atoms with Gasteiger partial charge in [0.25, 0.3) is 0 Å². The van der Waals surface area contributed by atoms with Gasteiger partial charge in [-0.2, -0.15) is 0 Å². The number of halogens is 3. The van der Waals surface area contributed by atoms with E-state index in [1.165, 1.54) is 13.2 Å². The number of nitrogens with zero attached hydrogens (tertiary/aromatic N) is 2. The third-order valence-electron chi connectivity index (χ3n) is 9.70. The molecule has 8 nitrogen and oxygen atoms in total. The SMILES string of the molecule is CCOc1cccc(CN2[C@H]3CN(Cc4ccc(C(=O)OC)cc4)C(=O)[C@H]3[C@H](c3cccc(Cl)c3F)[C@]23C(=O)Nc2cc(Cl)ccc23)c1. The Kier molecular flexibility index (Phi) is 8.39. The van der Waals surface area contributed by atoms with Gasteiger partial charge >= 0.3 is 5.97 Å². The van der Waals surface area contributed by atoms with Crippen molar-refractivity contribution < 1.29 is 28.2 Å². The Morgan fingerprint density at radius 2 is 1.75 bits per heavy atom. The van der Waals surface area contributed by atoms with Crippen LogP contribution >= 0.6 is 23.2 Å². The monoisotopic (exact) mass is 687 g/mol. The first kappa shape index (κ1) is 32.1. The first-order chi connectivity index (χ1) is 23.2. The Hall–Kier alpha value is -4.44. The van der Waals surface area contributed by atoms with E-state index in [2.05, 4.69) is 10.2 Å². The molecule has 3 aliphatic heterocycles. The van der Waals surface area contributed by atoms with Crippen molar-refractivity contribution in [1.29, 1.82) is 0 Å². The van der Waals surface area contributed by atoms with E-state index in [0.29, 0.717) is 34.2 Å². The molecule has 2 amide bonds. The molecule has 4 aromatic rings. The van der Waals surface area contributed by atoms with Crippen molar-refractivity contribution in [3.05, 3.63) is 129 Å². The molecule has 1 spiro atoms. The minimum atomic E-state index is -1.47. The summed E-state index contributed by atoms with van der Waals surface area (Å²) >= 11 is 12.8. The van der Waals surface area contributed by atoms with E-state index in [0.717, 1.165) is 11.1 Å². The Labute approximate surface area is 287 Å². The van der Waals surface area contributed by atoms with Crippen LogP contribution in [0.5, 0.6) is 5.75 Å². The van der Waals surface area contributed by atoms with E-state index in [4.69, 9.17) is 32.7 Å². The third kappa shape index (κ3) is 5.12. The number of carbonyl (C=O) groups excluding carboxylic acids is 3. The van der Waals surface area contributed by atoms with Gasteiger partial charge in [-0.15, -0.1) is 0 Å². The van der Waals surface area contributed by atoms with Crippen molar-refractivity contribution in [1.82, 2.24) is 9.80 Å². The van der Waals surface area contributed by atoms with Crippen LogP contribution in [0.15, 0.2) is 84.9 Å². The highest BCUT2D eigenvalue weighted by Gasteiger charge is 2.70. The summed E-state index contributed by atoms with van der Waals surface area (Å²) in [5.41, 5.74) is 1.94. The van der Waals surface area contributed by atoms with Crippen LogP contribution < -0.4 is 10.1 Å². The third-order valence-corrected chi connectivity index (χ3v) is 10.2. The zero-order chi connectivity index (χ0) is 33.7. The Morgan fingerprint density at radius 1 is 0.979 bits per heavy atom. The van der Waals surface area contributed by atoms with Crippen LogP contribution in [0.1, 0.15) is 45.5 Å². The van der Waals surface area contributed by atoms with Gasteiger partial charge in [-0.05, 0) is 66.1 Å². The summed E-state index contributed by atoms with van der Waals surface area (Å²) in [6.45, 7) is 3.20. The second-order valence-corrected chi connectivity index (χ2v) is 13.1. The van der Waals surface area contributed by atoms with E-state index >= 15 is 4.39 Å². The van der Waals surface area contributed by atoms with Crippen molar-refractivity contribution in [3.8, 4) is 5.75 Å². The molecule has 246 valence electrons. The second-order valence-electron chi connectivity index (χ2n) is 12.2. The van der Waals surface area contributed by atoms with Crippen molar-refractivity contribution in [2.75, 3.05) is 25.6 Å². The van der Waals surface area contributed by atoms with Crippen LogP contribution in [0, 0.1) is 11.7 Å². The van der Waals surface area contributed by atoms with Crippen LogP contribution in [0.3, 0.4) is 0 Å². The summed E-state index contributed by atoms with van der Waals surface area (Å²) in [6.07, 6.45) is 0. The molecule has 0 saturated carbocycles. The van der Waals surface area contributed by atoms with E-state index < -0.39 is 35.2 Å². The lowest BCUT2D eigenvalue weighted by atomic mass is 9.71. The number of rotatable bonds is 8. The van der Waals surface area contributed by atoms with Gasteiger partial charge in [0.15, 0.2) is 0 Å². The summed E-state index contributed by atoms with van der Waals surface area (Å²) in [5.74, 6) is -2.74. The van der Waals surface area contributed by atoms with E-state index in [1.807, 2.05) is 31.2 Å². The number of fused-ring (bicyclic) bond motifs is 3. The molecule has 11 heteroatoms. The number of anilines is 1. The van der Waals surface area contributed by atoms with Crippen molar-refractivity contribution in [2.45, 2.75) is 37.5 Å². The molecular formula is C37H32Cl2FN3O5. The van der Waals surface area contributed by atoms with Crippen molar-refractivity contribution in [3.63, 3.8) is 0 Å². The van der Waals surface area contributed by atoms with Gasteiger partial charge in [-0.25, -0.2) is 9.18 Å². The highest BCUT2D eigenvalue weighted by atomic mass is 35.5. The molecule has 2 saturated heterocycles. The zero-order valence-electron chi connectivity index (χ0n) is 26.2. The van der Waals surface area contributed by atoms with Crippen molar-refractivity contribution in [2.24, 2.45) is 5.92 Å². The number of esters is 1. The minimum absolute atomic E-state index is 0.0928. The van der Waals surface area contributed by atoms with Gasteiger partial charge in [0.05, 0.1) is 30.2 Å². The average Bonchev–Trinajstić information content (AvgIpc) is 3.65. The van der Waals surface area contributed by atoms with Gasteiger partial charge in [0.1, 0.15) is 17.1 Å². The molecule has 4 atom stereocenters. The standard InChI is InChI=1S/C37H32Cl2FN3O5/c1-3-48-25-7-4-6-22(16-25)19-43-30-20-42(18-21-10-12-23(13-11-21)35(45)47-2)34(44)31(30)32(26-8-5-9-28(39)33(26)40)37(43)27-15-14-24(38)17-29(27)41-36(37)46/h4-17,30-32H,3,18-20H2,1-2H3,(H,41,46)/t30-,31+,32-,37+/m0/s1. The van der Waals surface area contributed by atoms with Crippen molar-refractivity contribution >= 4 is 46.7 Å². The molecular weight excluding hydrogens is 656 g/mol. The number of likely N-dealkylation sites (tertiary alicyclic amines) is 2. The normalized spacial score (nSPS) is 22.9. The molecule has 0 radical (unpaired) electrons. The van der Waals surface area contributed by atoms with Crippen LogP contribution in [0.2, 0.25) is 10.0 Å². The maximum atomic E-state index is 16.2. The minimum Gasteiger partial charge on any atom is -0.494 e. The van der Waals surface area contributed by atoms with Gasteiger partial charge in [-0.3, -0.25) is 14.5 Å². The topological polar surface area (TPSA) is 88.2 Å². The summed E-state index contributed by atoms with van der Waals surface area (Å²) < 4.78 is 26.8. The fourth-order valence-electron chi connectivity index (χ4n) is 7.79. The predicted molar refractivity (Wildman–Crippen MR) is 180 cm³/mol. The summed E-state index contributed by atoms with van der Waals surface area (Å²) in [6, 6.07) is 23.9. The largest absolute Gasteiger partial charge is 0.494 e. The summed E-state index contributed by atoms with van der Waals surface area (Å²) in [4.78, 5) is 45.0. The first-order valence-corrected chi connectivity index (χ1v) is 16.4. The molecule has 0 aromatic heterocycles. The smallest absolute Gasteiger partial charge is 0.337 e. The number of methoxy groups -OCH3 is 1. The fraction of sp³-hybridized carbons (Fsp3) is 0.270. The lowest BCUT2D eigenvalue weighted by molar-refractivity contribution is -0.133. The highest BCUT2D eigenvalue weighted by Crippen LogP contribution is 2.62. The average molecular weight is 689 g/mol. The highest BCUT2D eigenvalue weighted by molar-refractivity contribution is 6.31. The molecule has 0 bridgehead atoms. The van der Waals surface area contributed by atoms with Crippen LogP contribution in [-0.2, 0) is 33.0 Å². The predicted octanol–water partition coefficient (Wildman–Crippen LogP) is 6.79. The van der Waals surface area contributed by atoms with Gasteiger partial charge in [0, 0.05) is 47.9 Å². The fourth-order valence-corrected chi connectivity index (χ4v) is 8.15. The van der Waals surface area contributed by atoms with E-state index in [9.17, 15) is 14.4 Å². The molecule has 0 unspecified atom stereocenters. The number of hydrogen-bond donors (Lipinski definition) is 1. The molecule has 3 heterocycles. The van der Waals surface area contributed by atoms with E-state index in [1.54, 1.807) is 59.5 Å². The quantitative estimate of drug-likeness (QED) is 0.205. The van der Waals surface area contributed by atoms with Crippen LogP contribution in [0.25, 0.3) is 0 Å². The molecule has 7 rings (SSSR count). The number of hydrogen-bond acceptors (Lipinski definition) is 6. The van der Waals surface area contributed by atoms with E-state index in [-0.39, 0.29) is 42.0 Å². The number of carbonyl (C=O) groups is 3. The number of amides is 2. The number of benzene rings is 4. The number of nitrogens with one attached hydrogen (secondary N) is 1. The molecule has 48 heavy (non-hydrogen) atoms. The molecule has 0 aliphatic carbocycles. The zero-order valence-corrected chi connectivity index (χ0v) is 27.7. The maximum absolute atomic E-state index is 16.2. The van der Waals surface area contributed by atoms with Gasteiger partial charge in [-0.1, -0.05) is 65.7 Å². The first-order valence-electron chi connectivity index (χ1n) is 15.7. The Morgan fingerprint density at radius 3 is 2.50 bits per heavy atom. The number of ether oxygens (including phenoxy) is 2.